The van der Waals surface area contributed by atoms with Gasteiger partial charge in [-0.15, -0.1) is 0 Å². The van der Waals surface area contributed by atoms with Gasteiger partial charge < -0.3 is 19.4 Å². The van der Waals surface area contributed by atoms with Gasteiger partial charge in [-0.25, -0.2) is 0 Å². The number of halogens is 2. The Kier molecular flexibility index (Phi) is 7.16. The third kappa shape index (κ3) is 5.59. The van der Waals surface area contributed by atoms with Crippen LogP contribution in [0.1, 0.15) is 18.4 Å². The molecule has 0 atom stereocenters. The molecule has 7 heteroatoms. The van der Waals surface area contributed by atoms with Crippen molar-refractivity contribution >= 4 is 22.7 Å². The van der Waals surface area contributed by atoms with Crippen LogP contribution in [-0.2, 0) is 11.2 Å². The molecule has 1 aromatic heterocycles. The van der Waals surface area contributed by atoms with Gasteiger partial charge in [0, 0.05) is 30.2 Å². The lowest BCUT2D eigenvalue weighted by atomic mass is 10.1. The third-order valence-corrected chi connectivity index (χ3v) is 5.74. The zero-order chi connectivity index (χ0) is 18.4. The van der Waals surface area contributed by atoms with E-state index in [-0.39, 0.29) is 6.61 Å². The number of nitrogens with one attached hydrogen (secondary N) is 1. The van der Waals surface area contributed by atoms with Crippen molar-refractivity contribution in [2.45, 2.75) is 32.0 Å². The molecule has 0 saturated carbocycles. The fourth-order valence-electron chi connectivity index (χ4n) is 3.14. The lowest BCUT2D eigenvalue weighted by Gasteiger charge is -2.22. The van der Waals surface area contributed by atoms with E-state index >= 15 is 0 Å². The molecule has 4 nitrogen and oxygen atoms in total. The molecule has 1 aliphatic rings. The van der Waals surface area contributed by atoms with E-state index in [4.69, 9.17) is 4.74 Å². The molecule has 1 N–H and O–H groups in total. The van der Waals surface area contributed by atoms with Crippen molar-refractivity contribution in [1.82, 2.24) is 9.88 Å². The van der Waals surface area contributed by atoms with E-state index < -0.39 is 6.61 Å². The first-order valence-corrected chi connectivity index (χ1v) is 10.2. The molecule has 1 aliphatic heterocycles. The van der Waals surface area contributed by atoms with Gasteiger partial charge in [0.25, 0.3) is 0 Å². The van der Waals surface area contributed by atoms with Gasteiger partial charge in [0.2, 0.25) is 0 Å². The van der Waals surface area contributed by atoms with Crippen LogP contribution in [0.4, 0.5) is 8.78 Å². The molecule has 1 saturated heterocycles. The van der Waals surface area contributed by atoms with Crippen LogP contribution in [-0.4, -0.2) is 60.8 Å². The van der Waals surface area contributed by atoms with E-state index in [2.05, 4.69) is 21.9 Å². The lowest BCUT2D eigenvalue weighted by molar-refractivity contribution is -0.131. The Bertz CT molecular complexity index is 689. The van der Waals surface area contributed by atoms with Crippen molar-refractivity contribution in [3.63, 3.8) is 0 Å². The average Bonchev–Trinajstić information content (AvgIpc) is 3.03. The third-order valence-electron chi connectivity index (χ3n) is 4.69. The van der Waals surface area contributed by atoms with Gasteiger partial charge >= 0.3 is 6.61 Å². The smallest absolute Gasteiger partial charge is 0.345 e. The van der Waals surface area contributed by atoms with Gasteiger partial charge in [0.05, 0.1) is 6.61 Å². The monoisotopic (exact) mass is 384 g/mol. The van der Waals surface area contributed by atoms with Crippen molar-refractivity contribution in [3.05, 3.63) is 30.0 Å². The van der Waals surface area contributed by atoms with E-state index in [1.807, 2.05) is 36.0 Å². The second-order valence-electron chi connectivity index (χ2n) is 6.64. The molecular weight excluding hydrogens is 358 g/mol. The first-order chi connectivity index (χ1) is 12.6. The summed E-state index contributed by atoms with van der Waals surface area (Å²) in [5.41, 5.74) is 2.31. The highest BCUT2D eigenvalue weighted by Crippen LogP contribution is 2.27. The standard InChI is InChI=1S/C19H26F2N2O2S/c1-23(8-9-24-19(20)21)7-4-14-13-22-18-3-2-16(12-17(14)18)25-15-5-10-26-11-6-15/h2-3,12-13,15,19,22H,4-11H2,1H3. The average molecular weight is 384 g/mol. The minimum atomic E-state index is -2.70. The lowest BCUT2D eigenvalue weighted by Crippen LogP contribution is -2.26. The SMILES string of the molecule is CN(CCOC(F)F)CCc1c[nH]c2ccc(OC3CCSCC3)cc12. The number of aromatic nitrogens is 1. The van der Waals surface area contributed by atoms with E-state index in [1.165, 1.54) is 22.5 Å². The summed E-state index contributed by atoms with van der Waals surface area (Å²) in [6, 6.07) is 6.20. The Labute approximate surface area is 157 Å². The maximum atomic E-state index is 12.0. The van der Waals surface area contributed by atoms with Crippen LogP contribution in [0.25, 0.3) is 10.9 Å². The second-order valence-corrected chi connectivity index (χ2v) is 7.86. The molecule has 3 rings (SSSR count). The van der Waals surface area contributed by atoms with Crippen LogP contribution in [0.3, 0.4) is 0 Å². The quantitative estimate of drug-likeness (QED) is 0.705. The Morgan fingerprint density at radius 2 is 2.08 bits per heavy atom. The molecule has 144 valence electrons. The van der Waals surface area contributed by atoms with Crippen LogP contribution in [0.15, 0.2) is 24.4 Å². The summed E-state index contributed by atoms with van der Waals surface area (Å²) in [6.45, 7) is -1.39. The number of hydrogen-bond donors (Lipinski definition) is 1. The number of alkyl halides is 2. The summed E-state index contributed by atoms with van der Waals surface area (Å²) in [7, 11) is 1.92. The maximum absolute atomic E-state index is 12.0. The molecule has 1 aromatic carbocycles. The molecule has 1 fully saturated rings. The number of rotatable bonds is 9. The fourth-order valence-corrected chi connectivity index (χ4v) is 4.21. The molecule has 0 amide bonds. The summed E-state index contributed by atoms with van der Waals surface area (Å²) in [5.74, 6) is 3.27. The highest BCUT2D eigenvalue weighted by atomic mass is 32.2. The van der Waals surface area contributed by atoms with Gasteiger partial charge in [0.15, 0.2) is 0 Å². The van der Waals surface area contributed by atoms with Gasteiger partial charge in [-0.3, -0.25) is 0 Å². The molecular formula is C19H26F2N2O2S. The highest BCUT2D eigenvalue weighted by molar-refractivity contribution is 7.99. The van der Waals surface area contributed by atoms with Crippen LogP contribution >= 0.6 is 11.8 Å². The summed E-state index contributed by atoms with van der Waals surface area (Å²) in [4.78, 5) is 5.30. The predicted molar refractivity (Wildman–Crippen MR) is 102 cm³/mol. The first kappa shape index (κ1) is 19.5. The van der Waals surface area contributed by atoms with E-state index in [0.717, 1.165) is 37.1 Å². The van der Waals surface area contributed by atoms with Crippen LogP contribution in [0, 0.1) is 0 Å². The van der Waals surface area contributed by atoms with Gasteiger partial charge in [0.1, 0.15) is 11.9 Å². The second kappa shape index (κ2) is 9.58. The number of nitrogens with zero attached hydrogens (tertiary/aromatic N) is 1. The normalized spacial score (nSPS) is 16.0. The summed E-state index contributed by atoms with van der Waals surface area (Å²) >= 11 is 1.99. The minimum Gasteiger partial charge on any atom is -0.490 e. The number of thioether (sulfide) groups is 1. The van der Waals surface area contributed by atoms with Gasteiger partial charge in [-0.2, -0.15) is 20.5 Å². The highest BCUT2D eigenvalue weighted by Gasteiger charge is 2.16. The molecule has 26 heavy (non-hydrogen) atoms. The number of benzene rings is 1. The van der Waals surface area contributed by atoms with E-state index in [1.54, 1.807) is 0 Å². The van der Waals surface area contributed by atoms with Crippen LogP contribution < -0.4 is 4.74 Å². The Balaban J connectivity index is 1.57. The Morgan fingerprint density at radius 3 is 2.85 bits per heavy atom. The van der Waals surface area contributed by atoms with Crippen molar-refractivity contribution < 1.29 is 18.3 Å². The molecule has 0 spiro atoms. The van der Waals surface area contributed by atoms with Gasteiger partial charge in [-0.05, 0) is 61.6 Å². The first-order valence-electron chi connectivity index (χ1n) is 9.04. The zero-order valence-corrected chi connectivity index (χ0v) is 15.9. The largest absolute Gasteiger partial charge is 0.490 e. The van der Waals surface area contributed by atoms with Crippen LogP contribution in [0.2, 0.25) is 0 Å². The molecule has 0 radical (unpaired) electrons. The van der Waals surface area contributed by atoms with E-state index in [0.29, 0.717) is 12.6 Å². The molecule has 2 heterocycles. The Morgan fingerprint density at radius 1 is 1.27 bits per heavy atom. The van der Waals surface area contributed by atoms with Crippen LogP contribution in [0.5, 0.6) is 5.75 Å². The molecule has 0 aliphatic carbocycles. The minimum absolute atomic E-state index is 0.0414. The Hall–Kier alpha value is -1.31. The zero-order valence-electron chi connectivity index (χ0n) is 15.0. The number of hydrogen-bond acceptors (Lipinski definition) is 4. The van der Waals surface area contributed by atoms with Crippen molar-refractivity contribution in [1.29, 1.82) is 0 Å². The van der Waals surface area contributed by atoms with Crippen molar-refractivity contribution in [2.75, 3.05) is 38.2 Å². The predicted octanol–water partition coefficient (Wildman–Crippen LogP) is 4.16. The van der Waals surface area contributed by atoms with E-state index in [9.17, 15) is 8.78 Å². The topological polar surface area (TPSA) is 37.5 Å². The summed E-state index contributed by atoms with van der Waals surface area (Å²) < 4.78 is 34.5. The number of likely N-dealkylation sites (N-methyl/N-ethyl adjacent to an activating group) is 1. The summed E-state index contributed by atoms with van der Waals surface area (Å²) in [5, 5.41) is 1.17. The summed E-state index contributed by atoms with van der Waals surface area (Å²) in [6.07, 6.45) is 5.39. The number of fused-ring (bicyclic) bond motifs is 1. The number of H-pyrrole nitrogens is 1. The molecule has 0 unspecified atom stereocenters. The van der Waals surface area contributed by atoms with Crippen molar-refractivity contribution in [2.24, 2.45) is 0 Å². The van der Waals surface area contributed by atoms with Gasteiger partial charge in [-0.1, -0.05) is 0 Å². The number of ether oxygens (including phenoxy) is 2. The fraction of sp³-hybridized carbons (Fsp3) is 0.579. The molecule has 2 aromatic rings. The van der Waals surface area contributed by atoms with Crippen molar-refractivity contribution in [3.8, 4) is 5.75 Å². The number of aromatic amines is 1. The molecule has 0 bridgehead atoms. The maximum Gasteiger partial charge on any atom is 0.345 e.